The third kappa shape index (κ3) is 1.77. The van der Waals surface area contributed by atoms with Crippen LogP contribution >= 0.6 is 0 Å². The van der Waals surface area contributed by atoms with Crippen LogP contribution < -0.4 is 0 Å². The summed E-state index contributed by atoms with van der Waals surface area (Å²) in [6.07, 6.45) is 2.62. The van der Waals surface area contributed by atoms with Crippen LogP contribution in [0.4, 0.5) is 0 Å². The summed E-state index contributed by atoms with van der Waals surface area (Å²) in [5, 5.41) is 0. The van der Waals surface area contributed by atoms with Crippen LogP contribution in [0.5, 0.6) is 0 Å². The van der Waals surface area contributed by atoms with Crippen molar-refractivity contribution in [3.05, 3.63) is 47.0 Å². The molecule has 0 fully saturated rings. The minimum Gasteiger partial charge on any atom is -0.295 e. The Hall–Kier alpha value is -1.37. The van der Waals surface area contributed by atoms with Gasteiger partial charge >= 0.3 is 0 Å². The molecule has 0 unspecified atom stereocenters. The van der Waals surface area contributed by atoms with E-state index >= 15 is 0 Å². The Balaban J connectivity index is 2.17. The van der Waals surface area contributed by atoms with E-state index in [0.29, 0.717) is 12.2 Å². The first kappa shape index (κ1) is 9.20. The van der Waals surface area contributed by atoms with Gasteiger partial charge < -0.3 is 0 Å². The van der Waals surface area contributed by atoms with E-state index in [1.807, 2.05) is 25.1 Å². The number of rotatable bonds is 2. The van der Waals surface area contributed by atoms with Gasteiger partial charge in [-0.1, -0.05) is 35.9 Å². The molecule has 1 aromatic rings. The Bertz CT molecular complexity index is 373. The maximum Gasteiger partial charge on any atom is 0.158 e. The third-order valence-electron chi connectivity index (χ3n) is 2.86. The first-order valence-corrected chi connectivity index (χ1v) is 5.03. The number of Topliss-reactive ketones (excluding diaryl/α,β-unsaturated/α-hetero) is 1. The Morgan fingerprint density at radius 2 is 1.86 bits per heavy atom. The molecule has 1 aromatic carbocycles. The fourth-order valence-electron chi connectivity index (χ4n) is 1.90. The number of benzene rings is 1. The van der Waals surface area contributed by atoms with Crippen molar-refractivity contribution >= 4 is 5.78 Å². The molecule has 0 saturated heterocycles. The second kappa shape index (κ2) is 3.79. The molecule has 1 heteroatoms. The number of carbonyl (C=O) groups excluding carboxylic acids is 1. The second-order valence-electron chi connectivity index (χ2n) is 3.81. The SMILES string of the molecule is CC1=C(Cc2ccccc2)CCC1=O. The number of hydrogen-bond acceptors (Lipinski definition) is 1. The van der Waals surface area contributed by atoms with Crippen LogP contribution in [0, 0.1) is 0 Å². The molecule has 0 bridgehead atoms. The number of carbonyl (C=O) groups is 1. The van der Waals surface area contributed by atoms with Gasteiger partial charge in [0.1, 0.15) is 0 Å². The molecule has 72 valence electrons. The average Bonchev–Trinajstić information content (AvgIpc) is 2.52. The van der Waals surface area contributed by atoms with Gasteiger partial charge in [-0.15, -0.1) is 0 Å². The number of ketones is 1. The molecule has 0 amide bonds. The van der Waals surface area contributed by atoms with Crippen molar-refractivity contribution in [2.45, 2.75) is 26.2 Å². The van der Waals surface area contributed by atoms with E-state index in [4.69, 9.17) is 0 Å². The van der Waals surface area contributed by atoms with Gasteiger partial charge in [0.2, 0.25) is 0 Å². The summed E-state index contributed by atoms with van der Waals surface area (Å²) >= 11 is 0. The Morgan fingerprint density at radius 1 is 1.14 bits per heavy atom. The number of hydrogen-bond donors (Lipinski definition) is 0. The third-order valence-corrected chi connectivity index (χ3v) is 2.86. The molecule has 1 aliphatic carbocycles. The minimum atomic E-state index is 0.330. The zero-order chi connectivity index (χ0) is 9.97. The van der Waals surface area contributed by atoms with Crippen molar-refractivity contribution in [1.82, 2.24) is 0 Å². The summed E-state index contributed by atoms with van der Waals surface area (Å²) < 4.78 is 0. The normalized spacial score (nSPS) is 16.5. The summed E-state index contributed by atoms with van der Waals surface area (Å²) in [5.74, 6) is 0.330. The predicted octanol–water partition coefficient (Wildman–Crippen LogP) is 2.91. The van der Waals surface area contributed by atoms with Gasteiger partial charge in [-0.25, -0.2) is 0 Å². The van der Waals surface area contributed by atoms with Crippen molar-refractivity contribution in [1.29, 1.82) is 0 Å². The average molecular weight is 186 g/mol. The van der Waals surface area contributed by atoms with Crippen molar-refractivity contribution in [3.8, 4) is 0 Å². The number of allylic oxidation sites excluding steroid dienone is 2. The molecule has 1 aliphatic rings. The lowest BCUT2D eigenvalue weighted by Crippen LogP contribution is -1.92. The zero-order valence-electron chi connectivity index (χ0n) is 8.42. The molecule has 0 spiro atoms. The Morgan fingerprint density at radius 3 is 2.43 bits per heavy atom. The molecule has 0 N–H and O–H groups in total. The monoisotopic (exact) mass is 186 g/mol. The van der Waals surface area contributed by atoms with E-state index in [9.17, 15) is 4.79 Å². The van der Waals surface area contributed by atoms with E-state index in [1.165, 1.54) is 11.1 Å². The van der Waals surface area contributed by atoms with E-state index in [0.717, 1.165) is 18.4 Å². The smallest absolute Gasteiger partial charge is 0.158 e. The minimum absolute atomic E-state index is 0.330. The van der Waals surface area contributed by atoms with E-state index in [-0.39, 0.29) is 0 Å². The van der Waals surface area contributed by atoms with Gasteiger partial charge in [0.25, 0.3) is 0 Å². The second-order valence-corrected chi connectivity index (χ2v) is 3.81. The topological polar surface area (TPSA) is 17.1 Å². The molecule has 14 heavy (non-hydrogen) atoms. The Labute approximate surface area is 84.5 Å². The van der Waals surface area contributed by atoms with Crippen LogP contribution in [0.15, 0.2) is 41.5 Å². The summed E-state index contributed by atoms with van der Waals surface area (Å²) in [6, 6.07) is 10.3. The predicted molar refractivity (Wildman–Crippen MR) is 57.1 cm³/mol. The maximum atomic E-state index is 11.3. The highest BCUT2D eigenvalue weighted by Gasteiger charge is 2.18. The van der Waals surface area contributed by atoms with E-state index in [1.54, 1.807) is 0 Å². The quantitative estimate of drug-likeness (QED) is 0.694. The standard InChI is InChI=1S/C13H14O/c1-10-12(7-8-13(10)14)9-11-5-3-2-4-6-11/h2-6H,7-9H2,1H3. The van der Waals surface area contributed by atoms with Gasteiger partial charge in [0, 0.05) is 6.42 Å². The molecular weight excluding hydrogens is 172 g/mol. The summed E-state index contributed by atoms with van der Waals surface area (Å²) in [6.45, 7) is 1.95. The fourth-order valence-corrected chi connectivity index (χ4v) is 1.90. The van der Waals surface area contributed by atoms with Crippen LogP contribution in [-0.4, -0.2) is 5.78 Å². The van der Waals surface area contributed by atoms with Gasteiger partial charge in [0.05, 0.1) is 0 Å². The van der Waals surface area contributed by atoms with Crippen molar-refractivity contribution in [2.75, 3.05) is 0 Å². The molecule has 0 heterocycles. The van der Waals surface area contributed by atoms with Crippen LogP contribution in [-0.2, 0) is 11.2 Å². The molecule has 0 atom stereocenters. The van der Waals surface area contributed by atoms with Gasteiger partial charge in [0.15, 0.2) is 5.78 Å². The van der Waals surface area contributed by atoms with E-state index in [2.05, 4.69) is 12.1 Å². The van der Waals surface area contributed by atoms with Crippen LogP contribution in [0.2, 0.25) is 0 Å². The van der Waals surface area contributed by atoms with Crippen LogP contribution in [0.25, 0.3) is 0 Å². The summed E-state index contributed by atoms with van der Waals surface area (Å²) in [7, 11) is 0. The van der Waals surface area contributed by atoms with Gasteiger partial charge in [-0.3, -0.25) is 4.79 Å². The van der Waals surface area contributed by atoms with Crippen molar-refractivity contribution < 1.29 is 4.79 Å². The van der Waals surface area contributed by atoms with Gasteiger partial charge in [-0.05, 0) is 30.9 Å². The highest BCUT2D eigenvalue weighted by molar-refractivity contribution is 5.98. The molecule has 0 radical (unpaired) electrons. The fraction of sp³-hybridized carbons (Fsp3) is 0.308. The summed E-state index contributed by atoms with van der Waals surface area (Å²) in [5.41, 5.74) is 3.62. The first-order valence-electron chi connectivity index (χ1n) is 5.03. The largest absolute Gasteiger partial charge is 0.295 e. The molecule has 0 saturated carbocycles. The lowest BCUT2D eigenvalue weighted by Gasteiger charge is -2.02. The molecule has 1 nitrogen and oxygen atoms in total. The van der Waals surface area contributed by atoms with Crippen molar-refractivity contribution in [2.24, 2.45) is 0 Å². The van der Waals surface area contributed by atoms with Crippen LogP contribution in [0.3, 0.4) is 0 Å². The molecule has 0 aliphatic heterocycles. The lowest BCUT2D eigenvalue weighted by molar-refractivity contribution is -0.114. The summed E-state index contributed by atoms with van der Waals surface area (Å²) in [4.78, 5) is 11.3. The van der Waals surface area contributed by atoms with Gasteiger partial charge in [-0.2, -0.15) is 0 Å². The van der Waals surface area contributed by atoms with Crippen LogP contribution in [0.1, 0.15) is 25.3 Å². The maximum absolute atomic E-state index is 11.3. The first-order chi connectivity index (χ1) is 6.77. The van der Waals surface area contributed by atoms with E-state index < -0.39 is 0 Å². The van der Waals surface area contributed by atoms with Crippen molar-refractivity contribution in [3.63, 3.8) is 0 Å². The molecule has 0 aromatic heterocycles. The highest BCUT2D eigenvalue weighted by Crippen LogP contribution is 2.25. The molecular formula is C13H14O. The molecule has 2 rings (SSSR count). The zero-order valence-corrected chi connectivity index (χ0v) is 8.42. The lowest BCUT2D eigenvalue weighted by atomic mass is 10.0. The highest BCUT2D eigenvalue weighted by atomic mass is 16.1. The Kier molecular flexibility index (Phi) is 2.49.